The van der Waals surface area contributed by atoms with E-state index in [1.165, 1.54) is 18.0 Å². The fraction of sp³-hybridized carbons (Fsp3) is 0.150. The summed E-state index contributed by atoms with van der Waals surface area (Å²) in [6.07, 6.45) is 0.280. The van der Waals surface area contributed by atoms with E-state index in [2.05, 4.69) is 15.1 Å². The Morgan fingerprint density at radius 1 is 1.14 bits per heavy atom. The van der Waals surface area contributed by atoms with Crippen molar-refractivity contribution in [3.8, 4) is 11.6 Å². The van der Waals surface area contributed by atoms with Crippen LogP contribution in [0.5, 0.6) is 0 Å². The van der Waals surface area contributed by atoms with Crippen LogP contribution in [-0.4, -0.2) is 39.5 Å². The Bertz CT molecular complexity index is 1100. The summed E-state index contributed by atoms with van der Waals surface area (Å²) in [6.45, 7) is 0.179. The van der Waals surface area contributed by atoms with Crippen molar-refractivity contribution in [2.24, 2.45) is 0 Å². The molecule has 142 valence electrons. The van der Waals surface area contributed by atoms with Crippen molar-refractivity contribution in [2.45, 2.75) is 6.42 Å². The van der Waals surface area contributed by atoms with Crippen molar-refractivity contribution in [2.75, 3.05) is 13.6 Å². The summed E-state index contributed by atoms with van der Waals surface area (Å²) in [7, 11) is 1.47. The van der Waals surface area contributed by atoms with Crippen LogP contribution in [0.25, 0.3) is 22.5 Å². The molecular weight excluding hydrogens is 366 g/mol. The number of para-hydroxylation sites is 1. The van der Waals surface area contributed by atoms with E-state index >= 15 is 0 Å². The average Bonchev–Trinajstić information content (AvgIpc) is 3.32. The van der Waals surface area contributed by atoms with Crippen LogP contribution in [0.2, 0.25) is 0 Å². The van der Waals surface area contributed by atoms with E-state index < -0.39 is 23.1 Å². The van der Waals surface area contributed by atoms with E-state index in [0.29, 0.717) is 17.4 Å². The summed E-state index contributed by atoms with van der Waals surface area (Å²) < 4.78 is 32.8. The molecule has 8 heteroatoms. The number of fused-ring (bicyclic) bond motifs is 1. The molecule has 0 aliphatic rings. The highest BCUT2D eigenvalue weighted by atomic mass is 19.1. The number of amides is 1. The predicted octanol–water partition coefficient (Wildman–Crippen LogP) is 3.81. The van der Waals surface area contributed by atoms with Crippen LogP contribution >= 0.6 is 0 Å². The third-order valence-corrected chi connectivity index (χ3v) is 4.42. The molecule has 1 amide bonds. The summed E-state index contributed by atoms with van der Waals surface area (Å²) in [6, 6.07) is 13.0. The molecule has 0 spiro atoms. The summed E-state index contributed by atoms with van der Waals surface area (Å²) >= 11 is 0. The van der Waals surface area contributed by atoms with Gasteiger partial charge in [-0.05, 0) is 24.3 Å². The van der Waals surface area contributed by atoms with Gasteiger partial charge in [-0.3, -0.25) is 4.79 Å². The van der Waals surface area contributed by atoms with E-state index in [1.54, 1.807) is 0 Å². The first-order valence-corrected chi connectivity index (χ1v) is 8.63. The lowest BCUT2D eigenvalue weighted by molar-refractivity contribution is 0.0786. The molecule has 0 saturated carbocycles. The molecule has 2 aromatic carbocycles. The highest BCUT2D eigenvalue weighted by Crippen LogP contribution is 2.22. The number of aromatic nitrogens is 3. The Labute approximate surface area is 158 Å². The Balaban J connectivity index is 1.45. The predicted molar refractivity (Wildman–Crippen MR) is 98.6 cm³/mol. The monoisotopic (exact) mass is 382 g/mol. The third kappa shape index (κ3) is 3.36. The van der Waals surface area contributed by atoms with Gasteiger partial charge in [0.25, 0.3) is 11.8 Å². The molecule has 0 radical (unpaired) electrons. The molecule has 0 atom stereocenters. The zero-order valence-electron chi connectivity index (χ0n) is 14.9. The van der Waals surface area contributed by atoms with Gasteiger partial charge in [0, 0.05) is 30.9 Å². The van der Waals surface area contributed by atoms with E-state index in [4.69, 9.17) is 4.52 Å². The van der Waals surface area contributed by atoms with E-state index in [9.17, 15) is 13.6 Å². The molecule has 0 fully saturated rings. The summed E-state index contributed by atoms with van der Waals surface area (Å²) in [5, 5.41) is 4.93. The normalized spacial score (nSPS) is 11.1. The number of rotatable bonds is 5. The molecule has 4 rings (SSSR count). The van der Waals surface area contributed by atoms with E-state index in [0.717, 1.165) is 23.0 Å². The van der Waals surface area contributed by atoms with Crippen LogP contribution in [0.3, 0.4) is 0 Å². The van der Waals surface area contributed by atoms with Gasteiger partial charge < -0.3 is 14.4 Å². The molecular formula is C20H16F2N4O2. The van der Waals surface area contributed by atoms with E-state index in [-0.39, 0.29) is 13.0 Å². The number of halogens is 2. The second kappa shape index (κ2) is 7.22. The second-order valence-corrected chi connectivity index (χ2v) is 6.36. The van der Waals surface area contributed by atoms with Crippen LogP contribution < -0.4 is 0 Å². The molecule has 0 saturated heterocycles. The number of aromatic amines is 1. The Morgan fingerprint density at radius 2 is 1.89 bits per heavy atom. The number of likely N-dealkylation sites (N-methyl/N-ethyl adjacent to an activating group) is 1. The van der Waals surface area contributed by atoms with Gasteiger partial charge in [0.15, 0.2) is 5.82 Å². The Morgan fingerprint density at radius 3 is 2.64 bits per heavy atom. The van der Waals surface area contributed by atoms with Crippen molar-refractivity contribution in [1.82, 2.24) is 20.0 Å². The molecule has 0 bridgehead atoms. The SMILES string of the molecule is CN(CCc1noc(-c2cc3ccccc3[nH]2)n1)C(=O)c1c(F)cccc1F. The quantitative estimate of drug-likeness (QED) is 0.570. The molecule has 0 unspecified atom stereocenters. The van der Waals surface area contributed by atoms with Gasteiger partial charge in [-0.1, -0.05) is 29.4 Å². The van der Waals surface area contributed by atoms with Gasteiger partial charge in [0.05, 0.1) is 0 Å². The summed E-state index contributed by atoms with van der Waals surface area (Å²) in [5.41, 5.74) is 1.07. The van der Waals surface area contributed by atoms with Crippen LogP contribution in [0.1, 0.15) is 16.2 Å². The maximum atomic E-state index is 13.8. The molecule has 4 aromatic rings. The fourth-order valence-corrected chi connectivity index (χ4v) is 2.92. The molecule has 6 nitrogen and oxygen atoms in total. The number of benzene rings is 2. The smallest absolute Gasteiger partial charge is 0.274 e. The van der Waals surface area contributed by atoms with Crippen molar-refractivity contribution >= 4 is 16.8 Å². The van der Waals surface area contributed by atoms with Gasteiger partial charge in [0.1, 0.15) is 22.9 Å². The first kappa shape index (κ1) is 17.8. The number of nitrogens with one attached hydrogen (secondary N) is 1. The number of hydrogen-bond donors (Lipinski definition) is 1. The van der Waals surface area contributed by atoms with E-state index in [1.807, 2.05) is 30.3 Å². The lowest BCUT2D eigenvalue weighted by Crippen LogP contribution is -2.30. The Kier molecular flexibility index (Phi) is 4.60. The van der Waals surface area contributed by atoms with Crippen molar-refractivity contribution in [3.05, 3.63) is 71.6 Å². The summed E-state index contributed by atoms with van der Waals surface area (Å²) in [5.74, 6) is -1.80. The molecule has 2 aromatic heterocycles. The number of carbonyl (C=O) groups is 1. The van der Waals surface area contributed by atoms with Gasteiger partial charge in [-0.25, -0.2) is 8.78 Å². The van der Waals surface area contributed by atoms with Crippen LogP contribution in [0.4, 0.5) is 8.78 Å². The lowest BCUT2D eigenvalue weighted by Gasteiger charge is -2.16. The average molecular weight is 382 g/mol. The minimum atomic E-state index is -0.891. The fourth-order valence-electron chi connectivity index (χ4n) is 2.92. The first-order chi connectivity index (χ1) is 13.5. The third-order valence-electron chi connectivity index (χ3n) is 4.42. The molecule has 28 heavy (non-hydrogen) atoms. The van der Waals surface area contributed by atoms with Crippen molar-refractivity contribution < 1.29 is 18.1 Å². The molecule has 1 N–H and O–H groups in total. The molecule has 2 heterocycles. The number of hydrogen-bond acceptors (Lipinski definition) is 4. The number of H-pyrrole nitrogens is 1. The lowest BCUT2D eigenvalue weighted by atomic mass is 10.1. The number of carbonyl (C=O) groups excluding carboxylic acids is 1. The number of nitrogens with zero attached hydrogens (tertiary/aromatic N) is 3. The Hall–Kier alpha value is -3.55. The van der Waals surface area contributed by atoms with Crippen LogP contribution in [-0.2, 0) is 6.42 Å². The zero-order chi connectivity index (χ0) is 19.7. The second-order valence-electron chi connectivity index (χ2n) is 6.36. The minimum Gasteiger partial charge on any atom is -0.351 e. The van der Waals surface area contributed by atoms with Crippen LogP contribution in [0, 0.1) is 11.6 Å². The molecule has 0 aliphatic heterocycles. The van der Waals surface area contributed by atoms with Crippen molar-refractivity contribution in [3.63, 3.8) is 0 Å². The minimum absolute atomic E-state index is 0.179. The standard InChI is InChI=1S/C20H16F2N4O2/c1-26(20(27)18-13(21)6-4-7-14(18)22)10-9-17-24-19(28-25-17)16-11-12-5-2-3-8-15(12)23-16/h2-8,11,23H,9-10H2,1H3. The first-order valence-electron chi connectivity index (χ1n) is 8.63. The highest BCUT2D eigenvalue weighted by Gasteiger charge is 2.21. The maximum Gasteiger partial charge on any atom is 0.274 e. The molecule has 0 aliphatic carbocycles. The topological polar surface area (TPSA) is 75.0 Å². The van der Waals surface area contributed by atoms with Crippen LogP contribution in [0.15, 0.2) is 53.1 Å². The highest BCUT2D eigenvalue weighted by molar-refractivity contribution is 5.94. The van der Waals surface area contributed by atoms with Gasteiger partial charge in [-0.15, -0.1) is 0 Å². The maximum absolute atomic E-state index is 13.8. The summed E-state index contributed by atoms with van der Waals surface area (Å²) in [4.78, 5) is 21.1. The largest absolute Gasteiger partial charge is 0.351 e. The zero-order valence-corrected chi connectivity index (χ0v) is 14.9. The van der Waals surface area contributed by atoms with Gasteiger partial charge in [0.2, 0.25) is 0 Å². The van der Waals surface area contributed by atoms with Crippen molar-refractivity contribution in [1.29, 1.82) is 0 Å². The van der Waals surface area contributed by atoms with Gasteiger partial charge in [-0.2, -0.15) is 4.98 Å². The van der Waals surface area contributed by atoms with Gasteiger partial charge >= 0.3 is 0 Å².